The molecule has 1 unspecified atom stereocenters. The van der Waals surface area contributed by atoms with Crippen LogP contribution in [0, 0.1) is 40.0 Å². The maximum absolute atomic E-state index is 9.31. The molecule has 2 rings (SSSR count). The van der Waals surface area contributed by atoms with Crippen molar-refractivity contribution in [2.24, 2.45) is 5.92 Å². The fraction of sp³-hybridized carbons (Fsp3) is 0.294. The topological polar surface area (TPSA) is 98.4 Å². The summed E-state index contributed by atoms with van der Waals surface area (Å²) in [6, 6.07) is 13.8. The number of imidazole rings is 1. The van der Waals surface area contributed by atoms with Crippen LogP contribution in [0.1, 0.15) is 24.0 Å². The van der Waals surface area contributed by atoms with E-state index >= 15 is 0 Å². The zero-order valence-electron chi connectivity index (χ0n) is 12.7. The number of nitrogens with zero attached hydrogens (tertiary/aromatic N) is 5. The van der Waals surface area contributed by atoms with Crippen molar-refractivity contribution in [3.63, 3.8) is 0 Å². The van der Waals surface area contributed by atoms with E-state index in [4.69, 9.17) is 10.00 Å². The Balaban J connectivity index is 2.16. The van der Waals surface area contributed by atoms with Gasteiger partial charge in [0.25, 0.3) is 0 Å². The zero-order valence-corrected chi connectivity index (χ0v) is 12.7. The van der Waals surface area contributed by atoms with Crippen molar-refractivity contribution >= 4 is 0 Å². The molecule has 6 nitrogen and oxygen atoms in total. The molecule has 114 valence electrons. The quantitative estimate of drug-likeness (QED) is 0.816. The first kappa shape index (κ1) is 16.1. The van der Waals surface area contributed by atoms with Crippen LogP contribution < -0.4 is 4.74 Å². The smallest absolute Gasteiger partial charge is 0.246 e. The molecule has 0 aliphatic carbocycles. The van der Waals surface area contributed by atoms with Crippen molar-refractivity contribution in [3.05, 3.63) is 47.4 Å². The minimum Gasteiger partial charge on any atom is -0.476 e. The van der Waals surface area contributed by atoms with E-state index in [0.717, 1.165) is 5.56 Å². The van der Waals surface area contributed by atoms with Gasteiger partial charge in [0.1, 0.15) is 11.9 Å². The highest BCUT2D eigenvalue weighted by molar-refractivity contribution is 5.37. The molecule has 0 radical (unpaired) electrons. The zero-order chi connectivity index (χ0) is 16.7. The molecule has 0 saturated heterocycles. The van der Waals surface area contributed by atoms with Crippen molar-refractivity contribution in [2.75, 3.05) is 6.61 Å². The van der Waals surface area contributed by atoms with Gasteiger partial charge in [-0.25, -0.2) is 9.55 Å². The lowest BCUT2D eigenvalue weighted by Gasteiger charge is -2.07. The van der Waals surface area contributed by atoms with Gasteiger partial charge < -0.3 is 4.74 Å². The maximum Gasteiger partial charge on any atom is 0.246 e. The van der Waals surface area contributed by atoms with Gasteiger partial charge in [-0.05, 0) is 12.5 Å². The van der Waals surface area contributed by atoms with Crippen LogP contribution in [0.15, 0.2) is 30.3 Å². The molecule has 6 heteroatoms. The van der Waals surface area contributed by atoms with Crippen molar-refractivity contribution in [1.29, 1.82) is 15.8 Å². The first-order chi connectivity index (χ1) is 11.2. The van der Waals surface area contributed by atoms with E-state index in [1.807, 2.05) is 42.6 Å². The Kier molecular flexibility index (Phi) is 5.34. The Hall–Kier alpha value is -3.30. The lowest BCUT2D eigenvalue weighted by Crippen LogP contribution is -2.08. The van der Waals surface area contributed by atoms with Crippen molar-refractivity contribution in [3.8, 4) is 24.2 Å². The van der Waals surface area contributed by atoms with Crippen LogP contribution in [0.3, 0.4) is 0 Å². The normalized spacial score (nSPS) is 11.0. The van der Waals surface area contributed by atoms with Gasteiger partial charge in [0.2, 0.25) is 11.6 Å². The summed E-state index contributed by atoms with van der Waals surface area (Å²) >= 11 is 0. The fourth-order valence-electron chi connectivity index (χ4n) is 2.13. The van der Waals surface area contributed by atoms with Crippen LogP contribution >= 0.6 is 0 Å². The standard InChI is InChI=1S/C17H15N5O/c1-13(10-18)9-16-21-15(11-19)17(22(16)12-20)23-8-7-14-5-3-2-4-6-14/h2-6,13H,7-9H2,1H3. The largest absolute Gasteiger partial charge is 0.476 e. The second kappa shape index (κ2) is 7.64. The molecule has 0 amide bonds. The monoisotopic (exact) mass is 305 g/mol. The molecule has 0 spiro atoms. The van der Waals surface area contributed by atoms with Gasteiger partial charge in [0.15, 0.2) is 6.19 Å². The van der Waals surface area contributed by atoms with Crippen molar-refractivity contribution < 1.29 is 4.74 Å². The average molecular weight is 305 g/mol. The van der Waals surface area contributed by atoms with Crippen LogP contribution in [0.5, 0.6) is 5.88 Å². The number of rotatable bonds is 6. The van der Waals surface area contributed by atoms with E-state index in [9.17, 15) is 10.5 Å². The summed E-state index contributed by atoms with van der Waals surface area (Å²) in [5.74, 6) is 0.215. The highest BCUT2D eigenvalue weighted by Crippen LogP contribution is 2.21. The SMILES string of the molecule is CC(C#N)Cc1nc(C#N)c(OCCc2ccccc2)n1C#N. The van der Waals surface area contributed by atoms with Gasteiger partial charge in [-0.3, -0.25) is 0 Å². The molecule has 0 fully saturated rings. The summed E-state index contributed by atoms with van der Waals surface area (Å²) in [4.78, 5) is 4.12. The maximum atomic E-state index is 9.31. The molecule has 2 aromatic rings. The average Bonchev–Trinajstić information content (AvgIpc) is 2.92. The predicted octanol–water partition coefficient (Wildman–Crippen LogP) is 2.41. The second-order valence-electron chi connectivity index (χ2n) is 5.05. The Morgan fingerprint density at radius 1 is 1.22 bits per heavy atom. The van der Waals surface area contributed by atoms with Gasteiger partial charge in [0.05, 0.1) is 18.6 Å². The summed E-state index contributed by atoms with van der Waals surface area (Å²) in [5.41, 5.74) is 1.17. The van der Waals surface area contributed by atoms with E-state index < -0.39 is 0 Å². The predicted molar refractivity (Wildman–Crippen MR) is 82.1 cm³/mol. The number of aromatic nitrogens is 2. The Morgan fingerprint density at radius 2 is 1.96 bits per heavy atom. The number of hydrogen-bond acceptors (Lipinski definition) is 5. The summed E-state index contributed by atoms with van der Waals surface area (Å²) < 4.78 is 6.81. The van der Waals surface area contributed by atoms with Crippen LogP contribution in [0.25, 0.3) is 0 Å². The van der Waals surface area contributed by atoms with Gasteiger partial charge in [0, 0.05) is 12.8 Å². The molecular weight excluding hydrogens is 290 g/mol. The Morgan fingerprint density at radius 3 is 2.57 bits per heavy atom. The van der Waals surface area contributed by atoms with Gasteiger partial charge in [-0.2, -0.15) is 15.8 Å². The van der Waals surface area contributed by atoms with Crippen LogP contribution in [-0.4, -0.2) is 16.2 Å². The van der Waals surface area contributed by atoms with Gasteiger partial charge in [-0.15, -0.1) is 0 Å². The van der Waals surface area contributed by atoms with Crippen LogP contribution in [-0.2, 0) is 12.8 Å². The van der Waals surface area contributed by atoms with Crippen LogP contribution in [0.4, 0.5) is 0 Å². The van der Waals surface area contributed by atoms with Crippen molar-refractivity contribution in [2.45, 2.75) is 19.8 Å². The second-order valence-corrected chi connectivity index (χ2v) is 5.05. The highest BCUT2D eigenvalue weighted by atomic mass is 16.5. The van der Waals surface area contributed by atoms with Crippen LogP contribution in [0.2, 0.25) is 0 Å². The van der Waals surface area contributed by atoms with E-state index in [-0.39, 0.29) is 17.5 Å². The number of hydrogen-bond donors (Lipinski definition) is 0. The molecule has 0 saturated carbocycles. The summed E-state index contributed by atoms with van der Waals surface area (Å²) in [7, 11) is 0. The number of benzene rings is 1. The van der Waals surface area contributed by atoms with E-state index in [0.29, 0.717) is 25.3 Å². The van der Waals surface area contributed by atoms with E-state index in [1.54, 1.807) is 6.92 Å². The first-order valence-electron chi connectivity index (χ1n) is 7.17. The third kappa shape index (κ3) is 3.87. The molecule has 1 aromatic carbocycles. The first-order valence-corrected chi connectivity index (χ1v) is 7.17. The highest BCUT2D eigenvalue weighted by Gasteiger charge is 2.20. The molecule has 1 atom stereocenters. The molecule has 1 heterocycles. The molecular formula is C17H15N5O. The lowest BCUT2D eigenvalue weighted by atomic mass is 10.1. The minimum atomic E-state index is -0.298. The third-order valence-corrected chi connectivity index (χ3v) is 3.29. The van der Waals surface area contributed by atoms with E-state index in [2.05, 4.69) is 11.1 Å². The molecule has 0 bridgehead atoms. The fourth-order valence-corrected chi connectivity index (χ4v) is 2.13. The molecule has 0 aliphatic rings. The van der Waals surface area contributed by atoms with Gasteiger partial charge in [-0.1, -0.05) is 30.3 Å². The molecule has 1 aromatic heterocycles. The minimum absolute atomic E-state index is 0.0692. The van der Waals surface area contributed by atoms with Crippen molar-refractivity contribution in [1.82, 2.24) is 9.55 Å². The molecule has 23 heavy (non-hydrogen) atoms. The summed E-state index contributed by atoms with van der Waals surface area (Å²) in [6.45, 7) is 2.07. The molecule has 0 aliphatic heterocycles. The Bertz CT molecular complexity index is 789. The third-order valence-electron chi connectivity index (χ3n) is 3.29. The Labute approximate surface area is 134 Å². The number of nitriles is 3. The molecule has 0 N–H and O–H groups in total. The summed E-state index contributed by atoms with van der Waals surface area (Å²) in [5, 5.41) is 27.4. The van der Waals surface area contributed by atoms with Gasteiger partial charge >= 0.3 is 0 Å². The summed E-state index contributed by atoms with van der Waals surface area (Å²) in [6.07, 6.45) is 2.92. The van der Waals surface area contributed by atoms with E-state index in [1.165, 1.54) is 4.57 Å². The lowest BCUT2D eigenvalue weighted by molar-refractivity contribution is 0.302. The number of ether oxygens (including phenoxy) is 1.